The zero-order valence-corrected chi connectivity index (χ0v) is 20.1. The molecule has 0 saturated heterocycles. The summed E-state index contributed by atoms with van der Waals surface area (Å²) >= 11 is 1.13. The second kappa shape index (κ2) is 10.5. The summed E-state index contributed by atoms with van der Waals surface area (Å²) in [6.45, 7) is 2.88. The molecule has 3 heterocycles. The van der Waals surface area contributed by atoms with Gasteiger partial charge in [0.2, 0.25) is 5.91 Å². The number of pyridine rings is 1. The van der Waals surface area contributed by atoms with Crippen molar-refractivity contribution < 1.29 is 23.3 Å². The summed E-state index contributed by atoms with van der Waals surface area (Å²) in [5.41, 5.74) is 3.11. The molecule has 0 aliphatic rings. The van der Waals surface area contributed by atoms with E-state index in [1.165, 1.54) is 31.4 Å². The van der Waals surface area contributed by atoms with Gasteiger partial charge in [0.05, 0.1) is 18.5 Å². The topological polar surface area (TPSA) is 110 Å². The van der Waals surface area contributed by atoms with Gasteiger partial charge in [-0.15, -0.1) is 11.3 Å². The number of methoxy groups -OCH3 is 1. The summed E-state index contributed by atoms with van der Waals surface area (Å²) in [5, 5.41) is 11.0. The van der Waals surface area contributed by atoms with Crippen LogP contribution in [0.3, 0.4) is 0 Å². The number of halogens is 1. The third kappa shape index (κ3) is 5.76. The Kier molecular flexibility index (Phi) is 7.28. The van der Waals surface area contributed by atoms with Gasteiger partial charge in [-0.1, -0.05) is 22.4 Å². The summed E-state index contributed by atoms with van der Waals surface area (Å²) in [7, 11) is 3.20. The molecule has 1 aromatic carbocycles. The number of nitrogens with one attached hydrogen (secondary N) is 1. The van der Waals surface area contributed by atoms with Crippen LogP contribution < -0.4 is 5.32 Å². The smallest absolute Gasteiger partial charge is 0.350 e. The Balaban J connectivity index is 1.56. The monoisotopic (exact) mass is 495 g/mol. The lowest BCUT2D eigenvalue weighted by atomic mass is 10.2. The SMILES string of the molecule is COC(=O)c1sc2nc(CN(C)Cc3nonc3C)ccc2c1NC(=O)/C=C/c1cccc(F)c1. The van der Waals surface area contributed by atoms with Gasteiger partial charge in [-0.3, -0.25) is 9.69 Å². The number of carbonyl (C=O) groups excluding carboxylic acids is 2. The van der Waals surface area contributed by atoms with Crippen molar-refractivity contribution in [1.29, 1.82) is 0 Å². The number of aromatic nitrogens is 3. The molecule has 0 radical (unpaired) electrons. The van der Waals surface area contributed by atoms with E-state index in [9.17, 15) is 14.0 Å². The van der Waals surface area contributed by atoms with E-state index in [4.69, 9.17) is 9.37 Å². The van der Waals surface area contributed by atoms with Gasteiger partial charge in [0.15, 0.2) is 0 Å². The lowest BCUT2D eigenvalue weighted by molar-refractivity contribution is -0.111. The number of thiophene rings is 1. The Bertz CT molecular complexity index is 1410. The summed E-state index contributed by atoms with van der Waals surface area (Å²) in [6.07, 6.45) is 2.76. The van der Waals surface area contributed by atoms with Crippen molar-refractivity contribution in [3.63, 3.8) is 0 Å². The van der Waals surface area contributed by atoms with Gasteiger partial charge in [0.25, 0.3) is 0 Å². The van der Waals surface area contributed by atoms with Crippen molar-refractivity contribution in [2.24, 2.45) is 0 Å². The minimum atomic E-state index is -0.579. The van der Waals surface area contributed by atoms with Crippen molar-refractivity contribution in [2.75, 3.05) is 19.5 Å². The molecule has 9 nitrogen and oxygen atoms in total. The number of amides is 1. The molecule has 0 unspecified atom stereocenters. The molecule has 0 bridgehead atoms. The number of hydrogen-bond acceptors (Lipinski definition) is 9. The van der Waals surface area contributed by atoms with Crippen molar-refractivity contribution in [3.05, 3.63) is 75.8 Å². The molecule has 35 heavy (non-hydrogen) atoms. The minimum absolute atomic E-state index is 0.234. The van der Waals surface area contributed by atoms with Crippen LogP contribution in [-0.2, 0) is 22.6 Å². The van der Waals surface area contributed by atoms with Crippen LogP contribution in [-0.4, -0.2) is 46.2 Å². The lowest BCUT2D eigenvalue weighted by Crippen LogP contribution is -2.18. The summed E-state index contributed by atoms with van der Waals surface area (Å²) in [4.78, 5) is 32.5. The van der Waals surface area contributed by atoms with E-state index >= 15 is 0 Å². The lowest BCUT2D eigenvalue weighted by Gasteiger charge is -2.14. The van der Waals surface area contributed by atoms with Crippen molar-refractivity contribution >= 4 is 45.2 Å². The number of anilines is 1. The maximum absolute atomic E-state index is 13.4. The quantitative estimate of drug-likeness (QED) is 0.286. The largest absolute Gasteiger partial charge is 0.465 e. The zero-order chi connectivity index (χ0) is 24.9. The van der Waals surface area contributed by atoms with Gasteiger partial charge < -0.3 is 10.1 Å². The number of benzene rings is 1. The summed E-state index contributed by atoms with van der Waals surface area (Å²) in [5.74, 6) is -1.45. The van der Waals surface area contributed by atoms with E-state index in [0.717, 1.165) is 28.4 Å². The maximum atomic E-state index is 13.4. The van der Waals surface area contributed by atoms with E-state index in [1.54, 1.807) is 12.1 Å². The molecule has 180 valence electrons. The predicted octanol–water partition coefficient (Wildman–Crippen LogP) is 4.20. The van der Waals surface area contributed by atoms with Crippen molar-refractivity contribution in [1.82, 2.24) is 20.2 Å². The molecule has 1 N–H and O–H groups in total. The normalized spacial score (nSPS) is 11.5. The highest BCUT2D eigenvalue weighted by Gasteiger charge is 2.21. The first-order chi connectivity index (χ1) is 16.8. The second-order valence-corrected chi connectivity index (χ2v) is 8.80. The van der Waals surface area contributed by atoms with Crippen molar-refractivity contribution in [2.45, 2.75) is 20.0 Å². The van der Waals surface area contributed by atoms with Crippen LogP contribution in [0.15, 0.2) is 47.1 Å². The number of fused-ring (bicyclic) bond motifs is 1. The van der Waals surface area contributed by atoms with Gasteiger partial charge >= 0.3 is 5.97 Å². The first-order valence-electron chi connectivity index (χ1n) is 10.6. The van der Waals surface area contributed by atoms with E-state index in [-0.39, 0.29) is 4.88 Å². The van der Waals surface area contributed by atoms with Crippen LogP contribution in [0.4, 0.5) is 10.1 Å². The molecular weight excluding hydrogens is 473 g/mol. The molecule has 4 rings (SSSR count). The molecule has 0 spiro atoms. The van der Waals surface area contributed by atoms with Gasteiger partial charge in [0.1, 0.15) is 26.9 Å². The highest BCUT2D eigenvalue weighted by molar-refractivity contribution is 7.21. The number of carbonyl (C=O) groups is 2. The third-order valence-electron chi connectivity index (χ3n) is 5.11. The fourth-order valence-electron chi connectivity index (χ4n) is 3.39. The molecule has 1 amide bonds. The predicted molar refractivity (Wildman–Crippen MR) is 129 cm³/mol. The molecule has 11 heteroatoms. The Morgan fingerprint density at radius 1 is 1.23 bits per heavy atom. The van der Waals surface area contributed by atoms with E-state index in [2.05, 4.69) is 20.6 Å². The summed E-state index contributed by atoms with van der Waals surface area (Å²) in [6, 6.07) is 9.51. The molecule has 0 atom stereocenters. The minimum Gasteiger partial charge on any atom is -0.465 e. The molecule has 0 aliphatic heterocycles. The van der Waals surface area contributed by atoms with Gasteiger partial charge in [-0.25, -0.2) is 18.8 Å². The number of hydrogen-bond donors (Lipinski definition) is 1. The zero-order valence-electron chi connectivity index (χ0n) is 19.2. The van der Waals surface area contributed by atoms with Gasteiger partial charge in [0, 0.05) is 24.6 Å². The Morgan fingerprint density at radius 2 is 2.06 bits per heavy atom. The number of aryl methyl sites for hydroxylation is 1. The van der Waals surface area contributed by atoms with E-state index < -0.39 is 17.7 Å². The van der Waals surface area contributed by atoms with Crippen LogP contribution in [0.25, 0.3) is 16.3 Å². The van der Waals surface area contributed by atoms with Crippen LogP contribution >= 0.6 is 11.3 Å². The Morgan fingerprint density at radius 3 is 2.77 bits per heavy atom. The molecule has 4 aromatic rings. The Labute approximate surface area is 204 Å². The first kappa shape index (κ1) is 24.2. The molecule has 0 aliphatic carbocycles. The molecule has 0 fully saturated rings. The summed E-state index contributed by atoms with van der Waals surface area (Å²) < 4.78 is 23.0. The number of esters is 1. The van der Waals surface area contributed by atoms with Crippen LogP contribution in [0.5, 0.6) is 0 Å². The van der Waals surface area contributed by atoms with E-state index in [0.29, 0.717) is 34.6 Å². The van der Waals surface area contributed by atoms with Gasteiger partial charge in [-0.05, 0) is 49.9 Å². The molecular formula is C24H22FN5O4S. The fourth-order valence-corrected chi connectivity index (χ4v) is 4.46. The third-order valence-corrected chi connectivity index (χ3v) is 6.19. The first-order valence-corrected chi connectivity index (χ1v) is 11.4. The highest BCUT2D eigenvalue weighted by Crippen LogP contribution is 2.35. The average Bonchev–Trinajstić information content (AvgIpc) is 3.40. The number of ether oxygens (including phenoxy) is 1. The standard InChI is InChI=1S/C24H22FN5O4S/c1-14-19(29-34-28-14)13-30(2)12-17-8-9-18-21(22(24(32)33-3)35-23(18)26-17)27-20(31)10-7-15-5-4-6-16(25)11-15/h4-11H,12-13H2,1-3H3,(H,27,31)/b10-7+. The second-order valence-electron chi connectivity index (χ2n) is 7.80. The van der Waals surface area contributed by atoms with Crippen LogP contribution in [0.1, 0.15) is 32.3 Å². The maximum Gasteiger partial charge on any atom is 0.350 e. The fraction of sp³-hybridized carbons (Fsp3) is 0.208. The molecule has 3 aromatic heterocycles. The Hall–Kier alpha value is -3.96. The van der Waals surface area contributed by atoms with Gasteiger partial charge in [-0.2, -0.15) is 0 Å². The van der Waals surface area contributed by atoms with Crippen molar-refractivity contribution in [3.8, 4) is 0 Å². The van der Waals surface area contributed by atoms with Crippen LogP contribution in [0.2, 0.25) is 0 Å². The highest BCUT2D eigenvalue weighted by atomic mass is 32.1. The van der Waals surface area contributed by atoms with E-state index in [1.807, 2.05) is 31.0 Å². The molecule has 0 saturated carbocycles. The number of nitrogens with zero attached hydrogens (tertiary/aromatic N) is 4. The van der Waals surface area contributed by atoms with Crippen LogP contribution in [0, 0.1) is 12.7 Å². The average molecular weight is 496 g/mol. The number of rotatable bonds is 8.